The first kappa shape index (κ1) is 11.7. The number of benzene rings is 1. The summed E-state index contributed by atoms with van der Waals surface area (Å²) in [6.07, 6.45) is 4.55. The van der Waals surface area contributed by atoms with E-state index in [0.29, 0.717) is 16.6 Å². The number of halogens is 1. The van der Waals surface area contributed by atoms with E-state index in [0.717, 1.165) is 6.20 Å². The molecule has 1 atom stereocenters. The largest absolute Gasteiger partial charge is 0.383 e. The van der Waals surface area contributed by atoms with Gasteiger partial charge in [0.15, 0.2) is 0 Å². The van der Waals surface area contributed by atoms with E-state index >= 15 is 0 Å². The first-order valence-electron chi connectivity index (χ1n) is 5.74. The van der Waals surface area contributed by atoms with Crippen LogP contribution < -0.4 is 0 Å². The number of nitrogens with zero attached hydrogens (tertiary/aromatic N) is 3. The predicted octanol–water partition coefficient (Wildman–Crippen LogP) is 2.25. The van der Waals surface area contributed by atoms with Crippen molar-refractivity contribution in [2.24, 2.45) is 0 Å². The Hall–Kier alpha value is -2.40. The molecule has 0 saturated carbocycles. The van der Waals surface area contributed by atoms with Crippen LogP contribution in [0.1, 0.15) is 17.2 Å². The third kappa shape index (κ3) is 2.04. The minimum Gasteiger partial charge on any atom is -0.383 e. The van der Waals surface area contributed by atoms with Gasteiger partial charge in [0.05, 0.1) is 17.2 Å². The molecule has 0 radical (unpaired) electrons. The molecule has 0 fully saturated rings. The molecule has 3 aromatic rings. The van der Waals surface area contributed by atoms with Crippen LogP contribution in [-0.4, -0.2) is 20.1 Å². The Labute approximate surface area is 108 Å². The van der Waals surface area contributed by atoms with Gasteiger partial charge in [-0.15, -0.1) is 0 Å². The van der Waals surface area contributed by atoms with Gasteiger partial charge >= 0.3 is 0 Å². The van der Waals surface area contributed by atoms with Gasteiger partial charge in [0.25, 0.3) is 0 Å². The Morgan fingerprint density at radius 1 is 1.00 bits per heavy atom. The zero-order valence-corrected chi connectivity index (χ0v) is 9.86. The SMILES string of the molecule is OC(c1ccncc1F)c1cccc2nccnc12. The van der Waals surface area contributed by atoms with E-state index in [4.69, 9.17) is 0 Å². The van der Waals surface area contributed by atoms with Crippen molar-refractivity contribution in [3.05, 3.63) is 66.0 Å². The van der Waals surface area contributed by atoms with Crippen LogP contribution in [0.3, 0.4) is 0 Å². The molecule has 0 aliphatic heterocycles. The van der Waals surface area contributed by atoms with E-state index in [1.165, 1.54) is 12.3 Å². The van der Waals surface area contributed by atoms with Crippen molar-refractivity contribution >= 4 is 11.0 Å². The number of hydrogen-bond acceptors (Lipinski definition) is 4. The Balaban J connectivity index is 2.17. The molecule has 1 N–H and O–H groups in total. The minimum atomic E-state index is -1.09. The van der Waals surface area contributed by atoms with Crippen molar-refractivity contribution in [2.45, 2.75) is 6.10 Å². The molecule has 2 heterocycles. The fourth-order valence-electron chi connectivity index (χ4n) is 2.01. The highest BCUT2D eigenvalue weighted by molar-refractivity contribution is 5.78. The van der Waals surface area contributed by atoms with Crippen molar-refractivity contribution in [3.63, 3.8) is 0 Å². The van der Waals surface area contributed by atoms with E-state index in [1.807, 2.05) is 0 Å². The highest BCUT2D eigenvalue weighted by Crippen LogP contribution is 2.27. The van der Waals surface area contributed by atoms with Crippen LogP contribution in [0.5, 0.6) is 0 Å². The molecular formula is C14H10FN3O. The number of aliphatic hydroxyl groups excluding tert-OH is 1. The van der Waals surface area contributed by atoms with E-state index in [-0.39, 0.29) is 5.56 Å². The fraction of sp³-hybridized carbons (Fsp3) is 0.0714. The maximum atomic E-state index is 13.7. The summed E-state index contributed by atoms with van der Waals surface area (Å²) in [7, 11) is 0. The van der Waals surface area contributed by atoms with Gasteiger partial charge in [-0.25, -0.2) is 4.39 Å². The molecule has 1 unspecified atom stereocenters. The first-order chi connectivity index (χ1) is 9.27. The van der Waals surface area contributed by atoms with Gasteiger partial charge in [0.2, 0.25) is 0 Å². The van der Waals surface area contributed by atoms with Gasteiger partial charge in [-0.1, -0.05) is 12.1 Å². The molecule has 3 rings (SSSR count). The monoisotopic (exact) mass is 255 g/mol. The molecule has 4 nitrogen and oxygen atoms in total. The number of fused-ring (bicyclic) bond motifs is 1. The summed E-state index contributed by atoms with van der Waals surface area (Å²) in [5, 5.41) is 10.3. The van der Waals surface area contributed by atoms with Crippen LogP contribution >= 0.6 is 0 Å². The lowest BCUT2D eigenvalue weighted by molar-refractivity contribution is 0.216. The molecular weight excluding hydrogens is 245 g/mol. The summed E-state index contributed by atoms with van der Waals surface area (Å²) in [6.45, 7) is 0. The third-order valence-electron chi connectivity index (χ3n) is 2.92. The quantitative estimate of drug-likeness (QED) is 0.763. The van der Waals surface area contributed by atoms with Crippen molar-refractivity contribution < 1.29 is 9.50 Å². The molecule has 94 valence electrons. The molecule has 0 aliphatic carbocycles. The Morgan fingerprint density at radius 3 is 2.68 bits per heavy atom. The molecule has 5 heteroatoms. The highest BCUT2D eigenvalue weighted by atomic mass is 19.1. The molecule has 1 aromatic carbocycles. The van der Waals surface area contributed by atoms with E-state index in [1.54, 1.807) is 30.6 Å². The van der Waals surface area contributed by atoms with E-state index in [2.05, 4.69) is 15.0 Å². The summed E-state index contributed by atoms with van der Waals surface area (Å²) in [6, 6.07) is 6.72. The normalized spacial score (nSPS) is 12.5. The zero-order valence-electron chi connectivity index (χ0n) is 9.86. The highest BCUT2D eigenvalue weighted by Gasteiger charge is 2.17. The number of aromatic nitrogens is 3. The predicted molar refractivity (Wildman–Crippen MR) is 67.8 cm³/mol. The Bertz CT molecular complexity index is 727. The molecule has 0 amide bonds. The Kier molecular flexibility index (Phi) is 2.89. The number of hydrogen-bond donors (Lipinski definition) is 1. The van der Waals surface area contributed by atoms with Crippen LogP contribution in [0.25, 0.3) is 11.0 Å². The number of pyridine rings is 1. The molecule has 0 spiro atoms. The first-order valence-corrected chi connectivity index (χ1v) is 5.74. The fourth-order valence-corrected chi connectivity index (χ4v) is 2.01. The van der Waals surface area contributed by atoms with Crippen molar-refractivity contribution in [2.75, 3.05) is 0 Å². The van der Waals surface area contributed by atoms with Gasteiger partial charge in [-0.05, 0) is 12.1 Å². The summed E-state index contributed by atoms with van der Waals surface area (Å²) in [5.74, 6) is -0.545. The number of para-hydroxylation sites is 1. The smallest absolute Gasteiger partial charge is 0.147 e. The summed E-state index contributed by atoms with van der Waals surface area (Å²) >= 11 is 0. The van der Waals surface area contributed by atoms with Crippen molar-refractivity contribution in [3.8, 4) is 0 Å². The standard InChI is InChI=1S/C14H10FN3O/c15-11-8-16-5-4-9(11)14(19)10-2-1-3-12-13(10)18-7-6-17-12/h1-8,14,19H. The van der Waals surface area contributed by atoms with Gasteiger partial charge in [0.1, 0.15) is 11.9 Å². The van der Waals surface area contributed by atoms with Crippen LogP contribution in [0.4, 0.5) is 4.39 Å². The minimum absolute atomic E-state index is 0.174. The van der Waals surface area contributed by atoms with Gasteiger partial charge in [-0.3, -0.25) is 15.0 Å². The second-order valence-corrected chi connectivity index (χ2v) is 4.07. The average molecular weight is 255 g/mol. The third-order valence-corrected chi connectivity index (χ3v) is 2.92. The molecule has 0 bridgehead atoms. The lowest BCUT2D eigenvalue weighted by atomic mass is 10.0. The van der Waals surface area contributed by atoms with Crippen molar-refractivity contribution in [1.82, 2.24) is 15.0 Å². The molecule has 2 aromatic heterocycles. The van der Waals surface area contributed by atoms with Gasteiger partial charge in [-0.2, -0.15) is 0 Å². The van der Waals surface area contributed by atoms with Gasteiger partial charge < -0.3 is 5.11 Å². The lowest BCUT2D eigenvalue weighted by Crippen LogP contribution is -2.04. The zero-order chi connectivity index (χ0) is 13.2. The Morgan fingerprint density at radius 2 is 1.84 bits per heavy atom. The summed E-state index contributed by atoms with van der Waals surface area (Å²) < 4.78 is 13.7. The number of aliphatic hydroxyl groups is 1. The second-order valence-electron chi connectivity index (χ2n) is 4.07. The summed E-state index contributed by atoms with van der Waals surface area (Å²) in [5.41, 5.74) is 1.92. The topological polar surface area (TPSA) is 58.9 Å². The molecule has 19 heavy (non-hydrogen) atoms. The van der Waals surface area contributed by atoms with E-state index < -0.39 is 11.9 Å². The number of rotatable bonds is 2. The van der Waals surface area contributed by atoms with Crippen molar-refractivity contribution in [1.29, 1.82) is 0 Å². The molecule has 0 aliphatic rings. The van der Waals surface area contributed by atoms with Crippen LogP contribution in [-0.2, 0) is 0 Å². The molecule has 0 saturated heterocycles. The van der Waals surface area contributed by atoms with Gasteiger partial charge in [0, 0.05) is 29.7 Å². The maximum Gasteiger partial charge on any atom is 0.147 e. The lowest BCUT2D eigenvalue weighted by Gasteiger charge is -2.13. The van der Waals surface area contributed by atoms with Crippen LogP contribution in [0, 0.1) is 5.82 Å². The van der Waals surface area contributed by atoms with Crippen LogP contribution in [0.2, 0.25) is 0 Å². The maximum absolute atomic E-state index is 13.7. The summed E-state index contributed by atoms with van der Waals surface area (Å²) in [4.78, 5) is 12.0. The average Bonchev–Trinajstić information content (AvgIpc) is 2.46. The van der Waals surface area contributed by atoms with Crippen LogP contribution in [0.15, 0.2) is 49.1 Å². The second kappa shape index (κ2) is 4.70. The van der Waals surface area contributed by atoms with E-state index in [9.17, 15) is 9.50 Å².